The standard InChI is InChI=1S/C16H20N2O3/c1-11-7-9-18(12(2)10-11)16(21)15-13(4-3-8-17-15)5-6-14(19)20/h3-6,8,11-12H,7,9-10H2,1-2H3,(H,19,20)/b6-5+. The van der Waals surface area contributed by atoms with Crippen LogP contribution in [-0.2, 0) is 4.79 Å². The van der Waals surface area contributed by atoms with Gasteiger partial charge in [0.05, 0.1) is 0 Å². The molecule has 0 aliphatic carbocycles. The summed E-state index contributed by atoms with van der Waals surface area (Å²) in [6.07, 6.45) is 5.97. The van der Waals surface area contributed by atoms with Gasteiger partial charge in [-0.1, -0.05) is 13.0 Å². The third kappa shape index (κ3) is 3.68. The Hall–Kier alpha value is -2.17. The molecule has 0 radical (unpaired) electrons. The van der Waals surface area contributed by atoms with Gasteiger partial charge in [0.15, 0.2) is 0 Å². The first-order valence-corrected chi connectivity index (χ1v) is 7.16. The smallest absolute Gasteiger partial charge is 0.328 e. The van der Waals surface area contributed by atoms with Crippen LogP contribution in [-0.4, -0.2) is 39.5 Å². The number of carbonyl (C=O) groups excluding carboxylic acids is 1. The van der Waals surface area contributed by atoms with Crippen LogP contribution in [0.3, 0.4) is 0 Å². The number of nitrogens with zero attached hydrogens (tertiary/aromatic N) is 2. The lowest BCUT2D eigenvalue weighted by Crippen LogP contribution is -2.44. The Morgan fingerprint density at radius 1 is 1.43 bits per heavy atom. The topological polar surface area (TPSA) is 70.5 Å². The lowest BCUT2D eigenvalue weighted by atomic mass is 9.93. The van der Waals surface area contributed by atoms with Crippen molar-refractivity contribution in [2.75, 3.05) is 6.54 Å². The van der Waals surface area contributed by atoms with E-state index in [0.29, 0.717) is 17.2 Å². The normalized spacial score (nSPS) is 22.5. The summed E-state index contributed by atoms with van der Waals surface area (Å²) in [6.45, 7) is 4.96. The van der Waals surface area contributed by atoms with Crippen LogP contribution in [0.25, 0.3) is 6.08 Å². The molecule has 2 unspecified atom stereocenters. The molecule has 1 N–H and O–H groups in total. The van der Waals surface area contributed by atoms with Crippen molar-refractivity contribution in [3.8, 4) is 0 Å². The maximum Gasteiger partial charge on any atom is 0.328 e. The van der Waals surface area contributed by atoms with E-state index in [9.17, 15) is 9.59 Å². The number of hydrogen-bond donors (Lipinski definition) is 1. The SMILES string of the molecule is CC1CCN(C(=O)c2ncccc2/C=C/C(=O)O)C(C)C1. The molecule has 0 bridgehead atoms. The Bertz CT molecular complexity index is 568. The van der Waals surface area contributed by atoms with Crippen molar-refractivity contribution in [3.05, 3.63) is 35.7 Å². The minimum absolute atomic E-state index is 0.125. The molecule has 1 amide bonds. The molecular weight excluding hydrogens is 268 g/mol. The number of amides is 1. The summed E-state index contributed by atoms with van der Waals surface area (Å²) >= 11 is 0. The van der Waals surface area contributed by atoms with Crippen LogP contribution in [0.4, 0.5) is 0 Å². The van der Waals surface area contributed by atoms with E-state index in [0.717, 1.165) is 25.5 Å². The minimum atomic E-state index is -1.04. The Balaban J connectivity index is 2.25. The summed E-state index contributed by atoms with van der Waals surface area (Å²) in [5.41, 5.74) is 0.854. The first-order valence-electron chi connectivity index (χ1n) is 7.16. The maximum absolute atomic E-state index is 12.7. The molecule has 1 aliphatic rings. The maximum atomic E-state index is 12.7. The Morgan fingerprint density at radius 2 is 2.19 bits per heavy atom. The van der Waals surface area contributed by atoms with Crippen molar-refractivity contribution in [2.45, 2.75) is 32.7 Å². The van der Waals surface area contributed by atoms with Gasteiger partial charge in [0.2, 0.25) is 0 Å². The summed E-state index contributed by atoms with van der Waals surface area (Å²) in [6, 6.07) is 3.58. The van der Waals surface area contributed by atoms with Crippen LogP contribution >= 0.6 is 0 Å². The molecule has 1 aliphatic heterocycles. The molecule has 1 saturated heterocycles. The van der Waals surface area contributed by atoms with E-state index >= 15 is 0 Å². The van der Waals surface area contributed by atoms with Gasteiger partial charge >= 0.3 is 5.97 Å². The van der Waals surface area contributed by atoms with Crippen LogP contribution < -0.4 is 0 Å². The van der Waals surface area contributed by atoms with Crippen molar-refractivity contribution in [1.29, 1.82) is 0 Å². The number of carboxylic acids is 1. The van der Waals surface area contributed by atoms with Gasteiger partial charge in [0.25, 0.3) is 5.91 Å². The van der Waals surface area contributed by atoms with Crippen molar-refractivity contribution >= 4 is 18.0 Å². The molecule has 0 aromatic carbocycles. The number of aromatic nitrogens is 1. The summed E-state index contributed by atoms with van der Waals surface area (Å²) in [5, 5.41) is 8.72. The van der Waals surface area contributed by atoms with Crippen LogP contribution in [0.1, 0.15) is 42.7 Å². The number of carboxylic acid groups (broad SMARTS) is 1. The molecule has 2 atom stereocenters. The monoisotopic (exact) mass is 288 g/mol. The van der Waals surface area contributed by atoms with Gasteiger partial charge in [-0.15, -0.1) is 0 Å². The third-order valence-corrected chi connectivity index (χ3v) is 3.85. The Labute approximate surface area is 124 Å². The highest BCUT2D eigenvalue weighted by Gasteiger charge is 2.28. The molecule has 21 heavy (non-hydrogen) atoms. The fraction of sp³-hybridized carbons (Fsp3) is 0.438. The molecule has 2 rings (SSSR count). The van der Waals surface area contributed by atoms with E-state index in [4.69, 9.17) is 5.11 Å². The summed E-state index contributed by atoms with van der Waals surface area (Å²) < 4.78 is 0. The highest BCUT2D eigenvalue weighted by atomic mass is 16.4. The van der Waals surface area contributed by atoms with Gasteiger partial charge in [-0.3, -0.25) is 9.78 Å². The van der Waals surface area contributed by atoms with Crippen molar-refractivity contribution in [1.82, 2.24) is 9.88 Å². The predicted molar refractivity (Wildman–Crippen MR) is 79.8 cm³/mol. The average molecular weight is 288 g/mol. The molecule has 5 nitrogen and oxygen atoms in total. The molecule has 1 aromatic heterocycles. The van der Waals surface area contributed by atoms with Crippen LogP contribution in [0, 0.1) is 5.92 Å². The van der Waals surface area contributed by atoms with Crippen molar-refractivity contribution in [3.63, 3.8) is 0 Å². The summed E-state index contributed by atoms with van der Waals surface area (Å²) in [5.74, 6) is -0.545. The highest BCUT2D eigenvalue weighted by molar-refractivity contribution is 5.97. The van der Waals surface area contributed by atoms with Crippen LogP contribution in [0.15, 0.2) is 24.4 Å². The Kier molecular flexibility index (Phi) is 4.73. The number of carbonyl (C=O) groups is 2. The summed E-state index contributed by atoms with van der Waals surface area (Å²) in [4.78, 5) is 29.3. The van der Waals surface area contributed by atoms with Gasteiger partial charge in [-0.25, -0.2) is 4.79 Å². The quantitative estimate of drug-likeness (QED) is 0.867. The summed E-state index contributed by atoms with van der Waals surface area (Å²) in [7, 11) is 0. The number of rotatable bonds is 3. The molecular formula is C16H20N2O3. The number of likely N-dealkylation sites (tertiary alicyclic amines) is 1. The zero-order valence-corrected chi connectivity index (χ0v) is 12.3. The molecule has 0 saturated carbocycles. The molecule has 1 fully saturated rings. The van der Waals surface area contributed by atoms with E-state index in [1.807, 2.05) is 11.8 Å². The number of aliphatic carboxylic acids is 1. The van der Waals surface area contributed by atoms with Gasteiger partial charge in [0, 0.05) is 30.4 Å². The fourth-order valence-electron chi connectivity index (χ4n) is 2.74. The first-order chi connectivity index (χ1) is 9.99. The van der Waals surface area contributed by atoms with E-state index < -0.39 is 5.97 Å². The molecule has 5 heteroatoms. The molecule has 112 valence electrons. The van der Waals surface area contributed by atoms with E-state index in [-0.39, 0.29) is 11.9 Å². The van der Waals surface area contributed by atoms with Gasteiger partial charge < -0.3 is 10.0 Å². The lowest BCUT2D eigenvalue weighted by molar-refractivity contribution is -0.131. The van der Waals surface area contributed by atoms with E-state index in [1.165, 1.54) is 6.08 Å². The number of pyridine rings is 1. The molecule has 2 heterocycles. The largest absolute Gasteiger partial charge is 0.478 e. The van der Waals surface area contributed by atoms with Gasteiger partial charge in [-0.05, 0) is 37.8 Å². The predicted octanol–water partition coefficient (Wildman–Crippen LogP) is 2.44. The number of hydrogen-bond acceptors (Lipinski definition) is 3. The average Bonchev–Trinajstić information content (AvgIpc) is 2.45. The molecule has 0 spiro atoms. The Morgan fingerprint density at radius 3 is 2.86 bits per heavy atom. The zero-order chi connectivity index (χ0) is 15.4. The second-order valence-electron chi connectivity index (χ2n) is 5.59. The number of piperidine rings is 1. The highest BCUT2D eigenvalue weighted by Crippen LogP contribution is 2.24. The van der Waals surface area contributed by atoms with Crippen molar-refractivity contribution < 1.29 is 14.7 Å². The third-order valence-electron chi connectivity index (χ3n) is 3.85. The lowest BCUT2D eigenvalue weighted by Gasteiger charge is -2.36. The second kappa shape index (κ2) is 6.52. The zero-order valence-electron chi connectivity index (χ0n) is 12.3. The minimum Gasteiger partial charge on any atom is -0.478 e. The van der Waals surface area contributed by atoms with Gasteiger partial charge in [-0.2, -0.15) is 0 Å². The second-order valence-corrected chi connectivity index (χ2v) is 5.59. The van der Waals surface area contributed by atoms with E-state index in [2.05, 4.69) is 11.9 Å². The first kappa shape index (κ1) is 15.2. The van der Waals surface area contributed by atoms with Gasteiger partial charge in [0.1, 0.15) is 5.69 Å². The van der Waals surface area contributed by atoms with E-state index in [1.54, 1.807) is 18.3 Å². The van der Waals surface area contributed by atoms with Crippen LogP contribution in [0.5, 0.6) is 0 Å². The van der Waals surface area contributed by atoms with Crippen molar-refractivity contribution in [2.24, 2.45) is 5.92 Å². The van der Waals surface area contributed by atoms with Crippen LogP contribution in [0.2, 0.25) is 0 Å². The fourth-order valence-corrected chi connectivity index (χ4v) is 2.74. The molecule has 1 aromatic rings.